The second-order valence-corrected chi connectivity index (χ2v) is 10.8. The molecule has 1 saturated heterocycles. The fourth-order valence-electron chi connectivity index (χ4n) is 4.96. The zero-order chi connectivity index (χ0) is 25.3. The number of nitrogens with one attached hydrogen (secondary N) is 3. The third-order valence-corrected chi connectivity index (χ3v) is 7.24. The molecular weight excluding hydrogens is 468 g/mol. The maximum Gasteiger partial charge on any atom is 0.224 e. The average Bonchev–Trinajstić information content (AvgIpc) is 3.43. The van der Waals surface area contributed by atoms with E-state index in [4.69, 9.17) is 16.3 Å². The number of H-pyrrole nitrogens is 1. The van der Waals surface area contributed by atoms with Gasteiger partial charge in [0, 0.05) is 29.2 Å². The molecule has 1 aromatic heterocycles. The topological polar surface area (TPSA) is 124 Å². The van der Waals surface area contributed by atoms with Gasteiger partial charge in [-0.1, -0.05) is 24.4 Å². The Morgan fingerprint density at radius 2 is 2.06 bits per heavy atom. The van der Waals surface area contributed by atoms with E-state index in [-0.39, 0.29) is 41.9 Å². The number of carbonyl (C=O) groups excluding carboxylic acids is 3. The summed E-state index contributed by atoms with van der Waals surface area (Å²) in [5, 5.41) is 16.6. The van der Waals surface area contributed by atoms with Gasteiger partial charge in [0.1, 0.15) is 11.8 Å². The van der Waals surface area contributed by atoms with Gasteiger partial charge in [-0.2, -0.15) is 5.26 Å². The van der Waals surface area contributed by atoms with Gasteiger partial charge in [-0.25, -0.2) is 0 Å². The van der Waals surface area contributed by atoms with Gasteiger partial charge in [-0.05, 0) is 57.2 Å². The van der Waals surface area contributed by atoms with Crippen LogP contribution in [0.1, 0.15) is 62.9 Å². The van der Waals surface area contributed by atoms with Crippen LogP contribution in [0, 0.1) is 29.1 Å². The van der Waals surface area contributed by atoms with Crippen molar-refractivity contribution >= 4 is 40.1 Å². The summed E-state index contributed by atoms with van der Waals surface area (Å²) in [4.78, 5) is 41.7. The number of hydrogen-bond donors (Lipinski definition) is 3. The normalized spacial score (nSPS) is 20.7. The van der Waals surface area contributed by atoms with Crippen molar-refractivity contribution in [1.29, 1.82) is 5.26 Å². The lowest BCUT2D eigenvalue weighted by atomic mass is 9.90. The van der Waals surface area contributed by atoms with Crippen molar-refractivity contribution in [3.8, 4) is 11.8 Å². The predicted molar refractivity (Wildman–Crippen MR) is 132 cm³/mol. The Kier molecular flexibility index (Phi) is 7.09. The van der Waals surface area contributed by atoms with E-state index in [1.54, 1.807) is 25.3 Å². The molecule has 8 nitrogen and oxygen atoms in total. The zero-order valence-corrected chi connectivity index (χ0v) is 21.0. The van der Waals surface area contributed by atoms with E-state index in [1.807, 2.05) is 13.8 Å². The number of amides is 2. The number of nitriles is 1. The van der Waals surface area contributed by atoms with Crippen LogP contribution >= 0.6 is 11.6 Å². The summed E-state index contributed by atoms with van der Waals surface area (Å²) in [6.45, 7) is 3.88. The molecule has 0 radical (unpaired) electrons. The number of aromatic amines is 1. The zero-order valence-electron chi connectivity index (χ0n) is 20.2. The van der Waals surface area contributed by atoms with Gasteiger partial charge in [-0.3, -0.25) is 14.4 Å². The van der Waals surface area contributed by atoms with Crippen LogP contribution < -0.4 is 15.4 Å². The largest absolute Gasteiger partial charge is 0.496 e. The number of halogens is 1. The van der Waals surface area contributed by atoms with Gasteiger partial charge in [0.25, 0.3) is 0 Å². The Hall–Kier alpha value is -3.05. The summed E-state index contributed by atoms with van der Waals surface area (Å²) in [5.41, 5.74) is 0.652. The maximum absolute atomic E-state index is 13.2. The van der Waals surface area contributed by atoms with Gasteiger partial charge in [0.05, 0.1) is 29.4 Å². The fourth-order valence-corrected chi connectivity index (χ4v) is 5.18. The second kappa shape index (κ2) is 9.90. The van der Waals surface area contributed by atoms with Crippen LogP contribution in [0.5, 0.6) is 5.75 Å². The van der Waals surface area contributed by atoms with E-state index >= 15 is 0 Å². The molecule has 1 aliphatic carbocycles. The Morgan fingerprint density at radius 3 is 2.66 bits per heavy atom. The number of hydrogen-bond acceptors (Lipinski definition) is 5. The Bertz CT molecular complexity index is 1190. The third kappa shape index (κ3) is 5.79. The summed E-state index contributed by atoms with van der Waals surface area (Å²) in [6.07, 6.45) is 3.55. The number of benzene rings is 1. The monoisotopic (exact) mass is 498 g/mol. The molecule has 1 aromatic carbocycles. The molecule has 3 atom stereocenters. The predicted octanol–water partition coefficient (Wildman–Crippen LogP) is 4.13. The average molecular weight is 499 g/mol. The molecule has 2 aromatic rings. The summed E-state index contributed by atoms with van der Waals surface area (Å²) < 4.78 is 5.37. The fraction of sp³-hybridized carbons (Fsp3) is 0.538. The van der Waals surface area contributed by atoms with Gasteiger partial charge in [0.2, 0.25) is 11.8 Å². The number of rotatable bonds is 10. The van der Waals surface area contributed by atoms with Crippen LogP contribution in [0.3, 0.4) is 0 Å². The maximum atomic E-state index is 13.2. The summed E-state index contributed by atoms with van der Waals surface area (Å²) in [5.74, 6) is -0.484. The summed E-state index contributed by atoms with van der Waals surface area (Å²) >= 11 is 6.29. The van der Waals surface area contributed by atoms with Gasteiger partial charge in [-0.15, -0.1) is 0 Å². The van der Waals surface area contributed by atoms with Gasteiger partial charge >= 0.3 is 0 Å². The van der Waals surface area contributed by atoms with Crippen molar-refractivity contribution < 1.29 is 19.1 Å². The minimum Gasteiger partial charge on any atom is -0.496 e. The van der Waals surface area contributed by atoms with Crippen LogP contribution in [0.4, 0.5) is 0 Å². The van der Waals surface area contributed by atoms with Gasteiger partial charge in [0.15, 0.2) is 5.78 Å². The molecule has 3 unspecified atom stereocenters. The van der Waals surface area contributed by atoms with Crippen molar-refractivity contribution in [3.63, 3.8) is 0 Å². The van der Waals surface area contributed by atoms with Crippen molar-refractivity contribution in [3.05, 3.63) is 28.9 Å². The SMILES string of the molecule is COc1ccc(Cl)c2[nH]c(C(=O)CC(CC3CC3)C(=O)NC(C#N)CC3CC(C)(C)NC3=O)cc12. The highest BCUT2D eigenvalue weighted by Crippen LogP contribution is 2.37. The number of carbonyl (C=O) groups is 3. The van der Waals surface area contributed by atoms with E-state index in [1.165, 1.54) is 0 Å². The van der Waals surface area contributed by atoms with Crippen LogP contribution in [0.2, 0.25) is 5.02 Å². The molecule has 4 rings (SSSR count). The molecule has 35 heavy (non-hydrogen) atoms. The van der Waals surface area contributed by atoms with E-state index < -0.39 is 12.0 Å². The molecule has 2 amide bonds. The minimum absolute atomic E-state index is 0.0180. The lowest BCUT2D eigenvalue weighted by Crippen LogP contribution is -2.40. The first-order chi connectivity index (χ1) is 16.6. The van der Waals surface area contributed by atoms with Crippen molar-refractivity contribution in [1.82, 2.24) is 15.6 Å². The number of ketones is 1. The van der Waals surface area contributed by atoms with E-state index in [9.17, 15) is 19.6 Å². The highest BCUT2D eigenvalue weighted by Gasteiger charge is 2.39. The van der Waals surface area contributed by atoms with E-state index in [0.717, 1.165) is 12.8 Å². The molecule has 0 bridgehead atoms. The molecule has 9 heteroatoms. The van der Waals surface area contributed by atoms with Crippen molar-refractivity contribution in [2.45, 2.75) is 64.0 Å². The lowest BCUT2D eigenvalue weighted by molar-refractivity contribution is -0.127. The quantitative estimate of drug-likeness (QED) is 0.425. The first kappa shape index (κ1) is 25.1. The van der Waals surface area contributed by atoms with Crippen molar-refractivity contribution in [2.24, 2.45) is 17.8 Å². The minimum atomic E-state index is -0.792. The smallest absolute Gasteiger partial charge is 0.224 e. The van der Waals surface area contributed by atoms with Crippen LogP contribution in [-0.2, 0) is 9.59 Å². The van der Waals surface area contributed by atoms with Gasteiger partial charge < -0.3 is 20.4 Å². The van der Waals surface area contributed by atoms with Crippen LogP contribution in [0.25, 0.3) is 10.9 Å². The molecular formula is C26H31ClN4O4. The van der Waals surface area contributed by atoms with E-state index in [0.29, 0.717) is 46.1 Å². The first-order valence-corrected chi connectivity index (χ1v) is 12.4. The van der Waals surface area contributed by atoms with Crippen LogP contribution in [-0.4, -0.2) is 41.3 Å². The summed E-state index contributed by atoms with van der Waals surface area (Å²) in [7, 11) is 1.55. The Morgan fingerprint density at radius 1 is 1.31 bits per heavy atom. The lowest BCUT2D eigenvalue weighted by Gasteiger charge is -2.20. The second-order valence-electron chi connectivity index (χ2n) is 10.4. The highest BCUT2D eigenvalue weighted by atomic mass is 35.5. The molecule has 2 aliphatic rings. The molecule has 1 saturated carbocycles. The molecule has 1 aliphatic heterocycles. The molecule has 2 heterocycles. The number of ether oxygens (including phenoxy) is 1. The Labute approximate surface area is 209 Å². The number of fused-ring (bicyclic) bond motifs is 1. The molecule has 3 N–H and O–H groups in total. The molecule has 186 valence electrons. The molecule has 2 fully saturated rings. The standard InChI is InChI=1S/C26H31ClN4O4/c1-26(2)12-16(25(34)31-26)9-17(13-28)29-24(33)15(8-14-4-5-14)10-21(32)20-11-18-22(35-3)7-6-19(27)23(18)30-20/h6-7,11,14-17,30H,4-5,8-10,12H2,1-3H3,(H,29,33)(H,31,34). The van der Waals surface area contributed by atoms with Crippen LogP contribution in [0.15, 0.2) is 18.2 Å². The number of aromatic nitrogens is 1. The third-order valence-electron chi connectivity index (χ3n) is 6.92. The molecule has 0 spiro atoms. The van der Waals surface area contributed by atoms with Crippen molar-refractivity contribution in [2.75, 3.05) is 7.11 Å². The van der Waals surface area contributed by atoms with E-state index in [2.05, 4.69) is 21.7 Å². The number of nitrogens with zero attached hydrogens (tertiary/aromatic N) is 1. The summed E-state index contributed by atoms with van der Waals surface area (Å²) in [6, 6.07) is 6.47. The highest BCUT2D eigenvalue weighted by molar-refractivity contribution is 6.35. The Balaban J connectivity index is 1.46. The number of Topliss-reactive ketones (excluding diaryl/α,β-unsaturated/α-hetero) is 1. The number of methoxy groups -OCH3 is 1. The first-order valence-electron chi connectivity index (χ1n) is 12.0.